The number of unbranched alkanes of at least 4 members (excludes halogenated alkanes) is 2. The highest BCUT2D eigenvalue weighted by atomic mass is 32.2. The van der Waals surface area contributed by atoms with E-state index in [2.05, 4.69) is 4.74 Å². The summed E-state index contributed by atoms with van der Waals surface area (Å²) in [5, 5.41) is 10.4. The number of hydrogen-bond acceptors (Lipinski definition) is 6. The van der Waals surface area contributed by atoms with Crippen molar-refractivity contribution in [2.75, 3.05) is 6.54 Å². The van der Waals surface area contributed by atoms with Crippen molar-refractivity contribution in [1.82, 2.24) is 4.90 Å². The first-order valence-electron chi connectivity index (χ1n) is 7.87. The first-order chi connectivity index (χ1) is 12.4. The summed E-state index contributed by atoms with van der Waals surface area (Å²) in [7, 11) is 0. The molecule has 0 aliphatic carbocycles. The van der Waals surface area contributed by atoms with Crippen molar-refractivity contribution >= 4 is 46.3 Å². The lowest BCUT2D eigenvalue weighted by molar-refractivity contribution is -0.305. The Morgan fingerprint density at radius 1 is 1.27 bits per heavy atom. The molecule has 0 saturated carbocycles. The van der Waals surface area contributed by atoms with Gasteiger partial charge in [-0.1, -0.05) is 42.5 Å². The van der Waals surface area contributed by atoms with Crippen molar-refractivity contribution < 1.29 is 28.2 Å². The normalized spacial score (nSPS) is 16.0. The molecule has 1 saturated heterocycles. The predicted molar refractivity (Wildman–Crippen MR) is 96.4 cm³/mol. The number of carboxylic acids is 1. The molecular formula is C17H16F2NO4S2-. The quantitative estimate of drug-likeness (QED) is 0.361. The molecule has 0 spiro atoms. The zero-order valence-electron chi connectivity index (χ0n) is 13.7. The molecule has 1 fully saturated rings. The van der Waals surface area contributed by atoms with Crippen molar-refractivity contribution in [3.63, 3.8) is 0 Å². The maximum Gasteiger partial charge on any atom is 0.387 e. The van der Waals surface area contributed by atoms with Crippen molar-refractivity contribution in [3.05, 3.63) is 34.7 Å². The third-order valence-corrected chi connectivity index (χ3v) is 4.92. The Morgan fingerprint density at radius 2 is 1.96 bits per heavy atom. The number of aliphatic carboxylic acids is 1. The minimum atomic E-state index is -2.89. The molecule has 1 amide bonds. The van der Waals surface area contributed by atoms with Gasteiger partial charge in [0.15, 0.2) is 0 Å². The molecule has 26 heavy (non-hydrogen) atoms. The summed E-state index contributed by atoms with van der Waals surface area (Å²) < 4.78 is 29.0. The van der Waals surface area contributed by atoms with Gasteiger partial charge in [0.25, 0.3) is 5.91 Å². The van der Waals surface area contributed by atoms with E-state index in [9.17, 15) is 23.5 Å². The van der Waals surface area contributed by atoms with Crippen molar-refractivity contribution in [2.24, 2.45) is 0 Å². The lowest BCUT2D eigenvalue weighted by atomic mass is 10.2. The zero-order valence-corrected chi connectivity index (χ0v) is 15.3. The van der Waals surface area contributed by atoms with Crippen LogP contribution in [0, 0.1) is 0 Å². The van der Waals surface area contributed by atoms with E-state index in [1.807, 2.05) is 0 Å². The largest absolute Gasteiger partial charge is 0.550 e. The lowest BCUT2D eigenvalue weighted by Gasteiger charge is -2.14. The number of ether oxygens (including phenoxy) is 1. The van der Waals surface area contributed by atoms with Crippen molar-refractivity contribution in [1.29, 1.82) is 0 Å². The summed E-state index contributed by atoms with van der Waals surface area (Å²) in [6.07, 6.45) is 3.45. The molecule has 0 N–H and O–H groups in total. The number of hydrogen-bond donors (Lipinski definition) is 0. The van der Waals surface area contributed by atoms with E-state index >= 15 is 0 Å². The number of thiocarbonyl (C=S) groups is 1. The summed E-state index contributed by atoms with van der Waals surface area (Å²) in [5.41, 5.74) is 0.668. The highest BCUT2D eigenvalue weighted by Gasteiger charge is 2.31. The summed E-state index contributed by atoms with van der Waals surface area (Å²) in [5.74, 6) is -1.25. The van der Waals surface area contributed by atoms with E-state index in [0.717, 1.165) is 0 Å². The smallest absolute Gasteiger partial charge is 0.387 e. The summed E-state index contributed by atoms with van der Waals surface area (Å²) in [4.78, 5) is 24.7. The van der Waals surface area contributed by atoms with Crippen LogP contribution >= 0.6 is 24.0 Å². The van der Waals surface area contributed by atoms with Gasteiger partial charge in [-0.15, -0.1) is 0 Å². The Labute approximate surface area is 159 Å². The second-order valence-electron chi connectivity index (χ2n) is 5.46. The molecule has 140 valence electrons. The van der Waals surface area contributed by atoms with Crippen LogP contribution in [0.1, 0.15) is 31.2 Å². The van der Waals surface area contributed by atoms with Crippen LogP contribution in [0.25, 0.3) is 6.08 Å². The van der Waals surface area contributed by atoms with Crippen LogP contribution in [0.15, 0.2) is 29.2 Å². The molecule has 0 radical (unpaired) electrons. The minimum absolute atomic E-state index is 0.00354. The van der Waals surface area contributed by atoms with Crippen LogP contribution in [0.3, 0.4) is 0 Å². The molecule has 1 aromatic rings. The molecule has 0 aromatic heterocycles. The molecule has 1 aromatic carbocycles. The Balaban J connectivity index is 1.92. The van der Waals surface area contributed by atoms with Gasteiger partial charge in [-0.25, -0.2) is 0 Å². The molecule has 0 atom stereocenters. The van der Waals surface area contributed by atoms with Gasteiger partial charge < -0.3 is 14.6 Å². The SMILES string of the molecule is O=C([O-])CCCCCN1C(=O)/C(=C\c2ccc(OC(F)F)cc2)SC1=S. The standard InChI is InChI=1S/C17H17F2NO4S2/c18-16(19)24-12-7-5-11(6-8-12)10-13-15(23)20(17(25)26-13)9-3-1-2-4-14(21)22/h5-8,10,16H,1-4,9H2,(H,21,22)/p-1/b13-10+. The third kappa shape index (κ3) is 6.06. The monoisotopic (exact) mass is 400 g/mol. The van der Waals surface area contributed by atoms with Crippen LogP contribution in [-0.4, -0.2) is 34.3 Å². The summed E-state index contributed by atoms with van der Waals surface area (Å²) in [6, 6.07) is 5.94. The van der Waals surface area contributed by atoms with Gasteiger partial charge in [0.05, 0.1) is 4.91 Å². The zero-order chi connectivity index (χ0) is 19.1. The average molecular weight is 400 g/mol. The number of rotatable bonds is 9. The van der Waals surface area contributed by atoms with Crippen LogP contribution in [0.2, 0.25) is 0 Å². The van der Waals surface area contributed by atoms with Crippen LogP contribution in [-0.2, 0) is 9.59 Å². The average Bonchev–Trinajstić information content (AvgIpc) is 2.83. The summed E-state index contributed by atoms with van der Waals surface area (Å²) >= 11 is 6.39. The number of carbonyl (C=O) groups excluding carboxylic acids is 2. The number of thioether (sulfide) groups is 1. The van der Waals surface area contributed by atoms with Crippen LogP contribution in [0.5, 0.6) is 5.75 Å². The number of halogens is 2. The van der Waals surface area contributed by atoms with Gasteiger partial charge >= 0.3 is 6.61 Å². The fourth-order valence-electron chi connectivity index (χ4n) is 2.31. The molecule has 0 unspecified atom stereocenters. The lowest BCUT2D eigenvalue weighted by Crippen LogP contribution is -2.29. The highest BCUT2D eigenvalue weighted by Crippen LogP contribution is 2.33. The van der Waals surface area contributed by atoms with Crippen LogP contribution < -0.4 is 9.84 Å². The Kier molecular flexibility index (Phi) is 7.52. The third-order valence-electron chi connectivity index (χ3n) is 3.54. The van der Waals surface area contributed by atoms with Crippen molar-refractivity contribution in [2.45, 2.75) is 32.3 Å². The van der Waals surface area contributed by atoms with E-state index in [4.69, 9.17) is 12.2 Å². The van der Waals surface area contributed by atoms with E-state index in [1.165, 1.54) is 28.8 Å². The molecule has 5 nitrogen and oxygen atoms in total. The maximum absolute atomic E-state index is 12.4. The van der Waals surface area contributed by atoms with Gasteiger partial charge in [0.2, 0.25) is 0 Å². The molecule has 2 rings (SSSR count). The van der Waals surface area contributed by atoms with E-state index < -0.39 is 12.6 Å². The molecule has 1 heterocycles. The van der Waals surface area contributed by atoms with E-state index in [0.29, 0.717) is 40.6 Å². The molecule has 1 aliphatic rings. The highest BCUT2D eigenvalue weighted by molar-refractivity contribution is 8.26. The second-order valence-corrected chi connectivity index (χ2v) is 7.14. The van der Waals surface area contributed by atoms with Gasteiger partial charge in [-0.2, -0.15) is 8.78 Å². The Bertz CT molecular complexity index is 707. The minimum Gasteiger partial charge on any atom is -0.550 e. The first-order valence-corrected chi connectivity index (χ1v) is 9.09. The fraction of sp³-hybridized carbons (Fsp3) is 0.353. The van der Waals surface area contributed by atoms with Gasteiger partial charge in [-0.3, -0.25) is 9.69 Å². The number of carbonyl (C=O) groups is 2. The molecule has 9 heteroatoms. The van der Waals surface area contributed by atoms with Crippen LogP contribution in [0.4, 0.5) is 8.78 Å². The number of carboxylic acid groups (broad SMARTS) is 1. The topological polar surface area (TPSA) is 69.7 Å². The van der Waals surface area contributed by atoms with E-state index in [-0.39, 0.29) is 18.1 Å². The molecular weight excluding hydrogens is 384 g/mol. The van der Waals surface area contributed by atoms with Gasteiger partial charge in [-0.05, 0) is 43.0 Å². The number of nitrogens with zero attached hydrogens (tertiary/aromatic N) is 1. The fourth-order valence-corrected chi connectivity index (χ4v) is 3.61. The maximum atomic E-state index is 12.4. The number of benzene rings is 1. The second kappa shape index (κ2) is 9.63. The summed E-state index contributed by atoms with van der Waals surface area (Å²) in [6.45, 7) is -2.46. The Hall–Kier alpha value is -2.00. The molecule has 1 aliphatic heterocycles. The van der Waals surface area contributed by atoms with Gasteiger partial charge in [0, 0.05) is 12.5 Å². The van der Waals surface area contributed by atoms with Gasteiger partial charge in [0.1, 0.15) is 10.1 Å². The Morgan fingerprint density at radius 3 is 2.58 bits per heavy atom. The predicted octanol–water partition coefficient (Wildman–Crippen LogP) is 2.80. The van der Waals surface area contributed by atoms with Crippen molar-refractivity contribution in [3.8, 4) is 5.75 Å². The number of alkyl halides is 2. The molecule has 0 bridgehead atoms. The van der Waals surface area contributed by atoms with E-state index in [1.54, 1.807) is 18.2 Å². The number of amides is 1. The first kappa shape index (κ1) is 20.3.